The van der Waals surface area contributed by atoms with Crippen LogP contribution in [0.15, 0.2) is 29.6 Å². The number of rotatable bonds is 3. The van der Waals surface area contributed by atoms with Gasteiger partial charge < -0.3 is 10.1 Å². The van der Waals surface area contributed by atoms with Gasteiger partial charge in [-0.25, -0.2) is 4.79 Å². The second-order valence-corrected chi connectivity index (χ2v) is 6.35. The molecule has 0 saturated heterocycles. The average molecular weight is 277 g/mol. The number of hydrogen-bond acceptors (Lipinski definition) is 3. The first-order chi connectivity index (χ1) is 8.96. The summed E-state index contributed by atoms with van der Waals surface area (Å²) >= 11 is 1.74. The van der Waals surface area contributed by atoms with E-state index in [9.17, 15) is 4.79 Å². The Hall–Kier alpha value is -1.55. The Bertz CT molecular complexity index is 569. The Labute approximate surface area is 117 Å². The lowest BCUT2D eigenvalue weighted by atomic mass is 10.1. The topological polar surface area (TPSA) is 38.3 Å². The summed E-state index contributed by atoms with van der Waals surface area (Å²) in [5.74, 6) is 0. The van der Waals surface area contributed by atoms with Gasteiger partial charge in [-0.05, 0) is 49.6 Å². The zero-order valence-electron chi connectivity index (χ0n) is 11.5. The lowest BCUT2D eigenvalue weighted by molar-refractivity contribution is 0.0528. The maximum absolute atomic E-state index is 11.5. The molecule has 0 spiro atoms. The molecule has 4 heteroatoms. The van der Waals surface area contributed by atoms with Gasteiger partial charge in [-0.3, -0.25) is 0 Å². The molecule has 0 bridgehead atoms. The molecule has 1 N–H and O–H groups in total. The number of thiophene rings is 1. The summed E-state index contributed by atoms with van der Waals surface area (Å²) in [7, 11) is 0. The first-order valence-corrected chi connectivity index (χ1v) is 7.25. The Kier molecular flexibility index (Phi) is 4.10. The SMILES string of the molecule is CC(C)(C)OC(=O)NCCc1csc2ccccc12. The highest BCUT2D eigenvalue weighted by Crippen LogP contribution is 2.25. The summed E-state index contributed by atoms with van der Waals surface area (Å²) in [6.45, 7) is 6.17. The van der Waals surface area contributed by atoms with Crippen LogP contribution >= 0.6 is 11.3 Å². The highest BCUT2D eigenvalue weighted by atomic mass is 32.1. The van der Waals surface area contributed by atoms with E-state index in [0.717, 1.165) is 6.42 Å². The molecule has 0 aliphatic rings. The second kappa shape index (κ2) is 5.61. The van der Waals surface area contributed by atoms with Crippen molar-refractivity contribution in [2.24, 2.45) is 0 Å². The second-order valence-electron chi connectivity index (χ2n) is 5.44. The lowest BCUT2D eigenvalue weighted by Gasteiger charge is -2.19. The van der Waals surface area contributed by atoms with Gasteiger partial charge in [0.1, 0.15) is 5.60 Å². The summed E-state index contributed by atoms with van der Waals surface area (Å²) in [6.07, 6.45) is 0.468. The Morgan fingerprint density at radius 2 is 2.05 bits per heavy atom. The summed E-state index contributed by atoms with van der Waals surface area (Å²) in [4.78, 5) is 11.5. The van der Waals surface area contributed by atoms with Crippen LogP contribution in [0, 0.1) is 0 Å². The molecule has 0 saturated carbocycles. The van der Waals surface area contributed by atoms with Crippen LogP contribution in [0.25, 0.3) is 10.1 Å². The van der Waals surface area contributed by atoms with Gasteiger partial charge in [0.2, 0.25) is 0 Å². The van der Waals surface area contributed by atoms with E-state index < -0.39 is 5.60 Å². The van der Waals surface area contributed by atoms with Gasteiger partial charge in [-0.15, -0.1) is 11.3 Å². The third-order valence-electron chi connectivity index (χ3n) is 2.62. The number of carbonyl (C=O) groups excluding carboxylic acids is 1. The van der Waals surface area contributed by atoms with E-state index in [4.69, 9.17) is 4.74 Å². The van der Waals surface area contributed by atoms with Gasteiger partial charge in [-0.2, -0.15) is 0 Å². The minimum absolute atomic E-state index is 0.355. The summed E-state index contributed by atoms with van der Waals surface area (Å²) in [5.41, 5.74) is 0.829. The normalized spacial score (nSPS) is 11.5. The van der Waals surface area contributed by atoms with Crippen molar-refractivity contribution in [2.45, 2.75) is 32.8 Å². The van der Waals surface area contributed by atoms with Crippen LogP contribution in [0.1, 0.15) is 26.3 Å². The van der Waals surface area contributed by atoms with E-state index in [2.05, 4.69) is 22.8 Å². The van der Waals surface area contributed by atoms with E-state index in [-0.39, 0.29) is 6.09 Å². The van der Waals surface area contributed by atoms with Crippen LogP contribution in [0.5, 0.6) is 0 Å². The number of nitrogens with one attached hydrogen (secondary N) is 1. The molecule has 3 nitrogen and oxygen atoms in total. The van der Waals surface area contributed by atoms with Crippen molar-refractivity contribution in [3.05, 3.63) is 35.2 Å². The molecule has 19 heavy (non-hydrogen) atoms. The minimum atomic E-state index is -0.445. The van der Waals surface area contributed by atoms with Gasteiger partial charge in [0.15, 0.2) is 0 Å². The smallest absolute Gasteiger partial charge is 0.407 e. The van der Waals surface area contributed by atoms with Gasteiger partial charge in [-0.1, -0.05) is 18.2 Å². The largest absolute Gasteiger partial charge is 0.444 e. The zero-order chi connectivity index (χ0) is 13.9. The highest BCUT2D eigenvalue weighted by Gasteiger charge is 2.15. The molecule has 0 radical (unpaired) electrons. The first-order valence-electron chi connectivity index (χ1n) is 6.38. The molecule has 102 valence electrons. The van der Waals surface area contributed by atoms with Gasteiger partial charge in [0.05, 0.1) is 0 Å². The molecule has 0 unspecified atom stereocenters. The maximum Gasteiger partial charge on any atom is 0.407 e. The highest BCUT2D eigenvalue weighted by molar-refractivity contribution is 7.17. The quantitative estimate of drug-likeness (QED) is 0.922. The first kappa shape index (κ1) is 13.9. The molecule has 2 aromatic rings. The average Bonchev–Trinajstić information content (AvgIpc) is 2.70. The van der Waals surface area contributed by atoms with Crippen LogP contribution < -0.4 is 5.32 Å². The fraction of sp³-hybridized carbons (Fsp3) is 0.400. The Balaban J connectivity index is 1.88. The molecular weight excluding hydrogens is 258 g/mol. The van der Waals surface area contributed by atoms with E-state index in [1.54, 1.807) is 11.3 Å². The van der Waals surface area contributed by atoms with E-state index in [1.807, 2.05) is 32.9 Å². The number of ether oxygens (including phenoxy) is 1. The van der Waals surface area contributed by atoms with Crippen molar-refractivity contribution in [1.82, 2.24) is 5.32 Å². The predicted octanol–water partition coefficient (Wildman–Crippen LogP) is 3.97. The van der Waals surface area contributed by atoms with Crippen molar-refractivity contribution >= 4 is 27.5 Å². The minimum Gasteiger partial charge on any atom is -0.444 e. The molecular formula is C15H19NO2S. The van der Waals surface area contributed by atoms with Crippen LogP contribution in [0.3, 0.4) is 0 Å². The van der Waals surface area contributed by atoms with Crippen molar-refractivity contribution in [2.75, 3.05) is 6.54 Å². The van der Waals surface area contributed by atoms with Crippen LogP contribution in [-0.4, -0.2) is 18.2 Å². The molecule has 0 fully saturated rings. The standard InChI is InChI=1S/C15H19NO2S/c1-15(2,3)18-14(17)16-9-8-11-10-19-13-7-5-4-6-12(11)13/h4-7,10H,8-9H2,1-3H3,(H,16,17). The van der Waals surface area contributed by atoms with Gasteiger partial charge >= 0.3 is 6.09 Å². The van der Waals surface area contributed by atoms with E-state index in [1.165, 1.54) is 15.6 Å². The molecule has 0 aliphatic carbocycles. The third kappa shape index (κ3) is 3.96. The fourth-order valence-electron chi connectivity index (χ4n) is 1.84. The molecule has 2 rings (SSSR count). The van der Waals surface area contributed by atoms with Crippen molar-refractivity contribution < 1.29 is 9.53 Å². The molecule has 1 aromatic carbocycles. The van der Waals surface area contributed by atoms with E-state index in [0.29, 0.717) is 6.54 Å². The van der Waals surface area contributed by atoms with Crippen LogP contribution in [-0.2, 0) is 11.2 Å². The number of carbonyl (C=O) groups is 1. The maximum atomic E-state index is 11.5. The number of alkyl carbamates (subject to hydrolysis) is 1. The van der Waals surface area contributed by atoms with Crippen molar-refractivity contribution in [3.63, 3.8) is 0 Å². The van der Waals surface area contributed by atoms with Crippen LogP contribution in [0.2, 0.25) is 0 Å². The number of hydrogen-bond donors (Lipinski definition) is 1. The molecule has 0 atom stereocenters. The molecule has 0 aliphatic heterocycles. The van der Waals surface area contributed by atoms with Crippen LogP contribution in [0.4, 0.5) is 4.79 Å². The lowest BCUT2D eigenvalue weighted by Crippen LogP contribution is -2.33. The fourth-order valence-corrected chi connectivity index (χ4v) is 2.84. The number of fused-ring (bicyclic) bond motifs is 1. The van der Waals surface area contributed by atoms with Gasteiger partial charge in [0, 0.05) is 11.2 Å². The van der Waals surface area contributed by atoms with Gasteiger partial charge in [0.25, 0.3) is 0 Å². The molecule has 1 aromatic heterocycles. The van der Waals surface area contributed by atoms with E-state index >= 15 is 0 Å². The number of benzene rings is 1. The predicted molar refractivity (Wildman–Crippen MR) is 79.8 cm³/mol. The summed E-state index contributed by atoms with van der Waals surface area (Å²) in [6, 6.07) is 8.32. The monoisotopic (exact) mass is 277 g/mol. The number of amides is 1. The third-order valence-corrected chi connectivity index (χ3v) is 3.64. The Morgan fingerprint density at radius 1 is 1.32 bits per heavy atom. The van der Waals surface area contributed by atoms with Crippen molar-refractivity contribution in [1.29, 1.82) is 0 Å². The molecule has 1 heterocycles. The Morgan fingerprint density at radius 3 is 2.79 bits per heavy atom. The summed E-state index contributed by atoms with van der Waals surface area (Å²) < 4.78 is 6.48. The zero-order valence-corrected chi connectivity index (χ0v) is 12.3. The molecule has 1 amide bonds. The summed E-state index contributed by atoms with van der Waals surface area (Å²) in [5, 5.41) is 6.22. The van der Waals surface area contributed by atoms with Crippen molar-refractivity contribution in [3.8, 4) is 0 Å².